The number of benzene rings is 2. The van der Waals surface area contributed by atoms with Crippen molar-refractivity contribution in [3.05, 3.63) is 59.7 Å². The van der Waals surface area contributed by atoms with Gasteiger partial charge in [0.1, 0.15) is 5.75 Å². The zero-order valence-corrected chi connectivity index (χ0v) is 18.1. The van der Waals surface area contributed by atoms with Crippen molar-refractivity contribution in [3.63, 3.8) is 0 Å². The van der Waals surface area contributed by atoms with Gasteiger partial charge in [0.15, 0.2) is 5.96 Å². The van der Waals surface area contributed by atoms with Crippen molar-refractivity contribution in [3.8, 4) is 5.75 Å². The number of aliphatic imine (C=N–C) groups is 1. The Bertz CT molecular complexity index is 667. The van der Waals surface area contributed by atoms with Crippen molar-refractivity contribution >= 4 is 35.6 Å². The number of halogens is 1. The van der Waals surface area contributed by atoms with Crippen LogP contribution in [0.25, 0.3) is 0 Å². The van der Waals surface area contributed by atoms with Crippen molar-refractivity contribution in [2.75, 3.05) is 25.5 Å². The molecule has 26 heavy (non-hydrogen) atoms. The third-order valence-corrected chi connectivity index (χ3v) is 4.12. The van der Waals surface area contributed by atoms with E-state index in [2.05, 4.69) is 53.3 Å². The minimum Gasteiger partial charge on any atom is -0.497 e. The van der Waals surface area contributed by atoms with E-state index < -0.39 is 0 Å². The number of hydrogen-bond acceptors (Lipinski definition) is 3. The Morgan fingerprint density at radius 2 is 1.58 bits per heavy atom. The molecule has 0 aromatic heterocycles. The number of methoxy groups -OCH3 is 1. The molecule has 0 aliphatic carbocycles. The van der Waals surface area contributed by atoms with Crippen molar-refractivity contribution in [2.45, 2.75) is 26.9 Å². The predicted octanol–water partition coefficient (Wildman–Crippen LogP) is 4.08. The Kier molecular flexibility index (Phi) is 10.0. The van der Waals surface area contributed by atoms with Crippen LogP contribution in [0.1, 0.15) is 25.0 Å². The molecule has 2 rings (SSSR count). The van der Waals surface area contributed by atoms with Crippen LogP contribution in [-0.4, -0.2) is 31.1 Å². The van der Waals surface area contributed by atoms with Crippen LogP contribution in [0.4, 0.5) is 5.69 Å². The highest BCUT2D eigenvalue weighted by molar-refractivity contribution is 14.0. The predicted molar refractivity (Wildman–Crippen MR) is 120 cm³/mol. The number of anilines is 1. The van der Waals surface area contributed by atoms with E-state index in [1.54, 1.807) is 7.11 Å². The molecule has 5 nitrogen and oxygen atoms in total. The fraction of sp³-hybridized carbons (Fsp3) is 0.350. The van der Waals surface area contributed by atoms with Gasteiger partial charge in [0.25, 0.3) is 0 Å². The topological polar surface area (TPSA) is 62.9 Å². The van der Waals surface area contributed by atoms with E-state index in [9.17, 15) is 0 Å². The smallest absolute Gasteiger partial charge is 0.193 e. The number of rotatable bonds is 8. The molecule has 0 aliphatic heterocycles. The first-order valence-electron chi connectivity index (χ1n) is 8.65. The van der Waals surface area contributed by atoms with Crippen LogP contribution >= 0.6 is 24.0 Å². The molecule has 0 saturated carbocycles. The first kappa shape index (κ1) is 22.2. The number of nitrogens with two attached hydrogens (primary N) is 1. The largest absolute Gasteiger partial charge is 0.497 e. The van der Waals surface area contributed by atoms with Crippen molar-refractivity contribution in [1.82, 2.24) is 4.90 Å². The monoisotopic (exact) mass is 468 g/mol. The molecule has 3 N–H and O–H groups in total. The van der Waals surface area contributed by atoms with Gasteiger partial charge in [0, 0.05) is 12.2 Å². The normalized spacial score (nSPS) is 11.2. The summed E-state index contributed by atoms with van der Waals surface area (Å²) in [5.41, 5.74) is 9.30. The molecule has 0 aliphatic rings. The number of nitrogens with one attached hydrogen (secondary N) is 1. The zero-order chi connectivity index (χ0) is 18.1. The van der Waals surface area contributed by atoms with Gasteiger partial charge in [0.05, 0.1) is 13.7 Å². The summed E-state index contributed by atoms with van der Waals surface area (Å²) in [5, 5.41) is 3.08. The first-order valence-corrected chi connectivity index (χ1v) is 8.65. The molecule has 0 amide bonds. The van der Waals surface area contributed by atoms with Crippen molar-refractivity contribution in [2.24, 2.45) is 10.7 Å². The van der Waals surface area contributed by atoms with Crippen LogP contribution in [0, 0.1) is 0 Å². The molecule has 0 heterocycles. The quantitative estimate of drug-likeness (QED) is 0.348. The number of nitrogens with zero attached hydrogens (tertiary/aromatic N) is 2. The van der Waals surface area contributed by atoms with Crippen molar-refractivity contribution in [1.29, 1.82) is 0 Å². The van der Waals surface area contributed by atoms with E-state index in [1.807, 2.05) is 24.3 Å². The lowest BCUT2D eigenvalue weighted by Gasteiger charge is -2.17. The van der Waals surface area contributed by atoms with Crippen LogP contribution in [0.15, 0.2) is 53.5 Å². The van der Waals surface area contributed by atoms with Crippen LogP contribution in [0.5, 0.6) is 5.75 Å². The lowest BCUT2D eigenvalue weighted by Crippen LogP contribution is -2.22. The maximum atomic E-state index is 5.96. The van der Waals surface area contributed by atoms with Gasteiger partial charge in [-0.15, -0.1) is 24.0 Å². The number of hydrogen-bond donors (Lipinski definition) is 2. The highest BCUT2D eigenvalue weighted by Gasteiger charge is 2.01. The van der Waals surface area contributed by atoms with Crippen LogP contribution < -0.4 is 15.8 Å². The summed E-state index contributed by atoms with van der Waals surface area (Å²) < 4.78 is 5.14. The number of guanidine groups is 1. The Hall–Kier alpha value is -1.80. The molecule has 0 saturated heterocycles. The molecule has 2 aromatic rings. The van der Waals surface area contributed by atoms with Gasteiger partial charge in [-0.2, -0.15) is 0 Å². The maximum absolute atomic E-state index is 5.96. The SMILES string of the molecule is CCN(CC)Cc1ccc(CN=C(N)Nc2ccc(OC)cc2)cc1.I. The minimum absolute atomic E-state index is 0. The number of ether oxygens (including phenoxy) is 1. The molecular weight excluding hydrogens is 439 g/mol. The van der Waals surface area contributed by atoms with Gasteiger partial charge < -0.3 is 15.8 Å². The lowest BCUT2D eigenvalue weighted by atomic mass is 10.1. The van der Waals surface area contributed by atoms with Crippen molar-refractivity contribution < 1.29 is 4.74 Å². The van der Waals surface area contributed by atoms with Gasteiger partial charge in [-0.3, -0.25) is 4.90 Å². The Balaban J connectivity index is 0.00000338. The van der Waals surface area contributed by atoms with Gasteiger partial charge in [-0.25, -0.2) is 4.99 Å². The van der Waals surface area contributed by atoms with Crippen LogP contribution in [0.2, 0.25) is 0 Å². The van der Waals surface area contributed by atoms with Gasteiger partial charge in [-0.1, -0.05) is 38.1 Å². The second kappa shape index (κ2) is 11.7. The second-order valence-electron chi connectivity index (χ2n) is 5.83. The maximum Gasteiger partial charge on any atom is 0.193 e. The van der Waals surface area contributed by atoms with E-state index >= 15 is 0 Å². The standard InChI is InChI=1S/C20H28N4O.HI/c1-4-24(5-2)15-17-8-6-16(7-9-17)14-22-20(21)23-18-10-12-19(25-3)13-11-18;/h6-13H,4-5,14-15H2,1-3H3,(H3,21,22,23);1H. The van der Waals surface area contributed by atoms with E-state index in [0.29, 0.717) is 12.5 Å². The molecule has 6 heteroatoms. The van der Waals surface area contributed by atoms with E-state index in [0.717, 1.165) is 36.6 Å². The van der Waals surface area contributed by atoms with Gasteiger partial charge >= 0.3 is 0 Å². The molecule has 2 aromatic carbocycles. The summed E-state index contributed by atoms with van der Waals surface area (Å²) in [7, 11) is 1.64. The van der Waals surface area contributed by atoms with E-state index in [-0.39, 0.29) is 24.0 Å². The molecule has 0 bridgehead atoms. The first-order chi connectivity index (χ1) is 12.1. The fourth-order valence-electron chi connectivity index (χ4n) is 2.49. The van der Waals surface area contributed by atoms with Gasteiger partial charge in [-0.05, 0) is 48.5 Å². The third-order valence-electron chi connectivity index (χ3n) is 4.12. The average molecular weight is 468 g/mol. The highest BCUT2D eigenvalue weighted by atomic mass is 127. The van der Waals surface area contributed by atoms with E-state index in [4.69, 9.17) is 10.5 Å². The summed E-state index contributed by atoms with van der Waals surface area (Å²) >= 11 is 0. The summed E-state index contributed by atoms with van der Waals surface area (Å²) in [6.45, 7) is 8.04. The minimum atomic E-state index is 0. The Morgan fingerprint density at radius 3 is 2.12 bits per heavy atom. The van der Waals surface area contributed by atoms with E-state index in [1.165, 1.54) is 5.56 Å². The molecule has 0 atom stereocenters. The molecule has 0 fully saturated rings. The van der Waals surface area contributed by atoms with Crippen LogP contribution in [-0.2, 0) is 13.1 Å². The molecule has 142 valence electrons. The van der Waals surface area contributed by atoms with Gasteiger partial charge in [0.2, 0.25) is 0 Å². The highest BCUT2D eigenvalue weighted by Crippen LogP contribution is 2.15. The molecule has 0 spiro atoms. The molecule has 0 unspecified atom stereocenters. The summed E-state index contributed by atoms with van der Waals surface area (Å²) in [6.07, 6.45) is 0. The fourth-order valence-corrected chi connectivity index (χ4v) is 2.49. The van der Waals surface area contributed by atoms with Crippen LogP contribution in [0.3, 0.4) is 0 Å². The second-order valence-corrected chi connectivity index (χ2v) is 5.83. The third kappa shape index (κ3) is 7.21. The Morgan fingerprint density at radius 1 is 1.00 bits per heavy atom. The Labute approximate surface area is 173 Å². The zero-order valence-electron chi connectivity index (χ0n) is 15.7. The summed E-state index contributed by atoms with van der Waals surface area (Å²) in [5.74, 6) is 1.21. The average Bonchev–Trinajstić information content (AvgIpc) is 2.66. The lowest BCUT2D eigenvalue weighted by molar-refractivity contribution is 0.296. The summed E-state index contributed by atoms with van der Waals surface area (Å²) in [4.78, 5) is 6.79. The summed E-state index contributed by atoms with van der Waals surface area (Å²) in [6, 6.07) is 16.1. The molecule has 0 radical (unpaired) electrons. The molecular formula is C20H29IN4O.